The fourth-order valence-electron chi connectivity index (χ4n) is 3.30. The topological polar surface area (TPSA) is 51.2 Å². The van der Waals surface area contributed by atoms with Crippen molar-refractivity contribution >= 4 is 0 Å². The average Bonchev–Trinajstić information content (AvgIpc) is 2.73. The number of hydrogen-bond acceptors (Lipinski definition) is 5. The molecule has 0 spiro atoms. The molecule has 1 heterocycles. The summed E-state index contributed by atoms with van der Waals surface area (Å²) in [4.78, 5) is 2.19. The third-order valence-electron chi connectivity index (χ3n) is 4.74. The molecule has 2 aromatic rings. The Morgan fingerprint density at radius 1 is 0.852 bits per heavy atom. The maximum Gasteiger partial charge on any atom is 0.146 e. The van der Waals surface area contributed by atoms with Crippen LogP contribution in [0.2, 0.25) is 0 Å². The van der Waals surface area contributed by atoms with Crippen LogP contribution in [-0.2, 0) is 14.2 Å². The van der Waals surface area contributed by atoms with E-state index in [-0.39, 0.29) is 19.3 Å². The van der Waals surface area contributed by atoms with Gasteiger partial charge in [-0.1, -0.05) is 60.7 Å². The van der Waals surface area contributed by atoms with Crippen LogP contribution in [0.1, 0.15) is 17.0 Å². The Balaban J connectivity index is 1.41. The number of aliphatic hydroxyl groups is 1. The summed E-state index contributed by atoms with van der Waals surface area (Å²) in [5.74, 6) is 0.161. The van der Waals surface area contributed by atoms with Crippen LogP contribution >= 0.6 is 0 Å². The Kier molecular flexibility index (Phi) is 8.27. The molecule has 1 saturated heterocycles. The van der Waals surface area contributed by atoms with Gasteiger partial charge in [-0.15, -0.1) is 0 Å². The van der Waals surface area contributed by atoms with Crippen molar-refractivity contribution < 1.29 is 19.3 Å². The first kappa shape index (κ1) is 20.0. The van der Waals surface area contributed by atoms with Crippen LogP contribution in [0.25, 0.3) is 0 Å². The largest absolute Gasteiger partial charge is 0.389 e. The van der Waals surface area contributed by atoms with Crippen LogP contribution in [0.5, 0.6) is 0 Å². The van der Waals surface area contributed by atoms with Gasteiger partial charge in [-0.2, -0.15) is 0 Å². The summed E-state index contributed by atoms with van der Waals surface area (Å²) in [7, 11) is 0. The molecule has 5 heteroatoms. The van der Waals surface area contributed by atoms with Gasteiger partial charge >= 0.3 is 0 Å². The quantitative estimate of drug-likeness (QED) is 0.514. The second kappa shape index (κ2) is 11.2. The highest BCUT2D eigenvalue weighted by Crippen LogP contribution is 2.24. The number of hydrogen-bond donors (Lipinski definition) is 1. The third-order valence-corrected chi connectivity index (χ3v) is 4.74. The van der Waals surface area contributed by atoms with Crippen LogP contribution in [0.4, 0.5) is 0 Å². The first-order valence-corrected chi connectivity index (χ1v) is 9.56. The van der Waals surface area contributed by atoms with Crippen LogP contribution in [-0.4, -0.2) is 69.0 Å². The summed E-state index contributed by atoms with van der Waals surface area (Å²) < 4.78 is 16.6. The van der Waals surface area contributed by atoms with E-state index in [1.807, 2.05) is 36.4 Å². The highest BCUT2D eigenvalue weighted by molar-refractivity contribution is 5.32. The lowest BCUT2D eigenvalue weighted by Crippen LogP contribution is -2.42. The van der Waals surface area contributed by atoms with E-state index in [1.54, 1.807) is 0 Å². The summed E-state index contributed by atoms with van der Waals surface area (Å²) in [6.45, 7) is 4.80. The minimum atomic E-state index is -0.509. The maximum absolute atomic E-state index is 10.1. The molecule has 1 N–H and O–H groups in total. The molecule has 0 aliphatic carbocycles. The molecular weight excluding hydrogens is 342 g/mol. The second-order valence-corrected chi connectivity index (χ2v) is 6.80. The standard InChI is InChI=1S/C22H29NO4/c24-21(15-23-11-13-25-14-12-23)16-26-18-27-17-22(19-7-3-1-4-8-19)20-9-5-2-6-10-20/h1-10,21-22,24H,11-18H2/t21-/m1/s1. The molecule has 1 aliphatic heterocycles. The maximum atomic E-state index is 10.1. The first-order valence-electron chi connectivity index (χ1n) is 9.56. The summed E-state index contributed by atoms with van der Waals surface area (Å²) in [5.41, 5.74) is 2.44. The molecule has 0 saturated carbocycles. The van der Waals surface area contributed by atoms with E-state index in [1.165, 1.54) is 11.1 Å². The lowest BCUT2D eigenvalue weighted by atomic mass is 9.92. The summed E-state index contributed by atoms with van der Waals surface area (Å²) >= 11 is 0. The highest BCUT2D eigenvalue weighted by atomic mass is 16.7. The van der Waals surface area contributed by atoms with Crippen LogP contribution in [0.15, 0.2) is 60.7 Å². The Morgan fingerprint density at radius 3 is 2.00 bits per heavy atom. The van der Waals surface area contributed by atoms with Crippen molar-refractivity contribution in [2.45, 2.75) is 12.0 Å². The zero-order valence-corrected chi connectivity index (χ0v) is 15.7. The van der Waals surface area contributed by atoms with Gasteiger partial charge < -0.3 is 19.3 Å². The Morgan fingerprint density at radius 2 is 1.41 bits per heavy atom. The molecule has 27 heavy (non-hydrogen) atoms. The highest BCUT2D eigenvalue weighted by Gasteiger charge is 2.16. The van der Waals surface area contributed by atoms with Gasteiger partial charge in [0.25, 0.3) is 0 Å². The summed E-state index contributed by atoms with van der Waals surface area (Å²) in [6.07, 6.45) is -0.509. The Labute approximate surface area is 161 Å². The van der Waals surface area contributed by atoms with E-state index >= 15 is 0 Å². The van der Waals surface area contributed by atoms with E-state index < -0.39 is 6.10 Å². The fraction of sp³-hybridized carbons (Fsp3) is 0.455. The van der Waals surface area contributed by atoms with E-state index in [0.717, 1.165) is 26.3 Å². The zero-order chi connectivity index (χ0) is 18.7. The predicted molar refractivity (Wildman–Crippen MR) is 105 cm³/mol. The van der Waals surface area contributed by atoms with Crippen molar-refractivity contribution in [3.8, 4) is 0 Å². The number of β-amino-alcohol motifs (C(OH)–C–C–N with tert-alkyl or cyclic N) is 1. The summed E-state index contributed by atoms with van der Waals surface area (Å²) in [5, 5.41) is 10.1. The fourth-order valence-corrected chi connectivity index (χ4v) is 3.30. The van der Waals surface area contributed by atoms with Crippen LogP contribution in [0.3, 0.4) is 0 Å². The van der Waals surface area contributed by atoms with Gasteiger partial charge in [0.05, 0.1) is 32.5 Å². The molecule has 2 aromatic carbocycles. The van der Waals surface area contributed by atoms with E-state index in [9.17, 15) is 5.11 Å². The van der Waals surface area contributed by atoms with Crippen LogP contribution in [0, 0.1) is 0 Å². The van der Waals surface area contributed by atoms with Gasteiger partial charge in [0.15, 0.2) is 0 Å². The van der Waals surface area contributed by atoms with E-state index in [4.69, 9.17) is 14.2 Å². The second-order valence-electron chi connectivity index (χ2n) is 6.80. The molecule has 5 nitrogen and oxygen atoms in total. The molecule has 3 rings (SSSR count). The molecule has 1 atom stereocenters. The van der Waals surface area contributed by atoms with E-state index in [2.05, 4.69) is 29.2 Å². The normalized spacial score (nSPS) is 16.5. The predicted octanol–water partition coefficient (Wildman–Crippen LogP) is 2.50. The van der Waals surface area contributed by atoms with Crippen molar-refractivity contribution in [1.29, 1.82) is 0 Å². The molecule has 1 aliphatic rings. The van der Waals surface area contributed by atoms with Gasteiger partial charge in [-0.25, -0.2) is 0 Å². The van der Waals surface area contributed by atoms with Gasteiger partial charge in [-0.05, 0) is 11.1 Å². The van der Waals surface area contributed by atoms with Crippen molar-refractivity contribution in [3.05, 3.63) is 71.8 Å². The smallest absolute Gasteiger partial charge is 0.146 e. The molecule has 0 amide bonds. The van der Waals surface area contributed by atoms with Crippen molar-refractivity contribution in [1.82, 2.24) is 4.90 Å². The monoisotopic (exact) mass is 371 g/mol. The summed E-state index contributed by atoms with van der Waals surface area (Å²) in [6, 6.07) is 20.7. The molecule has 1 fully saturated rings. The minimum absolute atomic E-state index is 0.161. The van der Waals surface area contributed by atoms with E-state index in [0.29, 0.717) is 13.2 Å². The number of nitrogens with zero attached hydrogens (tertiary/aromatic N) is 1. The van der Waals surface area contributed by atoms with Gasteiger partial charge in [-0.3, -0.25) is 4.90 Å². The third kappa shape index (κ3) is 6.72. The van der Waals surface area contributed by atoms with Crippen LogP contribution < -0.4 is 0 Å². The van der Waals surface area contributed by atoms with Crippen molar-refractivity contribution in [3.63, 3.8) is 0 Å². The number of aliphatic hydroxyl groups excluding tert-OH is 1. The molecule has 0 bridgehead atoms. The molecule has 0 unspecified atom stereocenters. The molecular formula is C22H29NO4. The number of ether oxygens (including phenoxy) is 3. The minimum Gasteiger partial charge on any atom is -0.389 e. The lowest BCUT2D eigenvalue weighted by Gasteiger charge is -2.28. The number of benzene rings is 2. The first-order chi connectivity index (χ1) is 13.3. The molecule has 146 valence electrons. The van der Waals surface area contributed by atoms with Crippen molar-refractivity contribution in [2.24, 2.45) is 0 Å². The Bertz CT molecular complexity index is 592. The van der Waals surface area contributed by atoms with Gasteiger partial charge in [0.2, 0.25) is 0 Å². The number of rotatable bonds is 10. The SMILES string of the molecule is O[C@@H](COCOCC(c1ccccc1)c1ccccc1)CN1CCOCC1. The average molecular weight is 371 g/mol. The Hall–Kier alpha value is -1.76. The molecule has 0 aromatic heterocycles. The van der Waals surface area contributed by atoms with Gasteiger partial charge in [0.1, 0.15) is 6.79 Å². The lowest BCUT2D eigenvalue weighted by molar-refractivity contribution is -0.0872. The number of morpholine rings is 1. The van der Waals surface area contributed by atoms with Crippen molar-refractivity contribution in [2.75, 3.05) is 52.9 Å². The zero-order valence-electron chi connectivity index (χ0n) is 15.7. The molecule has 0 radical (unpaired) electrons. The van der Waals surface area contributed by atoms with Gasteiger partial charge in [0, 0.05) is 25.6 Å².